The van der Waals surface area contributed by atoms with E-state index in [9.17, 15) is 17.9 Å². The van der Waals surface area contributed by atoms with E-state index in [1.807, 2.05) is 0 Å². The van der Waals surface area contributed by atoms with E-state index in [4.69, 9.17) is 11.6 Å². The van der Waals surface area contributed by atoms with Gasteiger partial charge in [-0.05, 0) is 12.5 Å². The van der Waals surface area contributed by atoms with Crippen LogP contribution in [0.3, 0.4) is 0 Å². The fourth-order valence-electron chi connectivity index (χ4n) is 1.75. The summed E-state index contributed by atoms with van der Waals surface area (Å²) in [5, 5.41) is 10.1. The summed E-state index contributed by atoms with van der Waals surface area (Å²) in [6.07, 6.45) is -1.62. The molecule has 0 amide bonds. The monoisotopic (exact) mass is 294 g/mol. The lowest BCUT2D eigenvalue weighted by Gasteiger charge is -2.30. The maximum absolute atomic E-state index is 13.6. The van der Waals surface area contributed by atoms with Gasteiger partial charge in [0, 0.05) is 11.3 Å². The molecule has 0 saturated carbocycles. The van der Waals surface area contributed by atoms with E-state index in [-0.39, 0.29) is 17.7 Å². The minimum absolute atomic E-state index is 0.0137. The van der Waals surface area contributed by atoms with Crippen LogP contribution in [0.1, 0.15) is 31.9 Å². The fourth-order valence-corrected chi connectivity index (χ4v) is 3.58. The van der Waals surface area contributed by atoms with Crippen molar-refractivity contribution in [2.75, 3.05) is 5.75 Å². The Bertz CT molecular complexity index is 518. The highest BCUT2D eigenvalue weighted by molar-refractivity contribution is 7.94. The van der Waals surface area contributed by atoms with Crippen LogP contribution in [0.5, 0.6) is 0 Å². The molecule has 2 atom stereocenters. The van der Waals surface area contributed by atoms with Crippen molar-refractivity contribution in [2.45, 2.75) is 30.6 Å². The molecule has 1 rings (SSSR count). The number of aliphatic hydroxyl groups excluding tert-OH is 1. The van der Waals surface area contributed by atoms with Gasteiger partial charge in [-0.25, -0.2) is 12.8 Å². The molecule has 1 N–H and O–H groups in total. The normalized spacial score (nSPS) is 17.2. The average Bonchev–Trinajstić information content (AvgIpc) is 2.37. The summed E-state index contributed by atoms with van der Waals surface area (Å²) < 4.78 is 35.6. The molecule has 1 aromatic rings. The van der Waals surface area contributed by atoms with E-state index in [2.05, 4.69) is 0 Å². The van der Waals surface area contributed by atoms with Crippen molar-refractivity contribution < 1.29 is 17.9 Å². The predicted molar refractivity (Wildman–Crippen MR) is 69.7 cm³/mol. The van der Waals surface area contributed by atoms with Crippen molar-refractivity contribution in [1.29, 1.82) is 0 Å². The van der Waals surface area contributed by atoms with Gasteiger partial charge in [0.25, 0.3) is 0 Å². The quantitative estimate of drug-likeness (QED) is 0.850. The van der Waals surface area contributed by atoms with Crippen LogP contribution < -0.4 is 0 Å². The lowest BCUT2D eigenvalue weighted by molar-refractivity contribution is 0.150. The SMILES string of the molecule is CC[C@@](Cl)([C@H](O)c1ccccc1F)S(=O)(=O)CC. The van der Waals surface area contributed by atoms with Gasteiger partial charge in [-0.2, -0.15) is 0 Å². The molecule has 0 unspecified atom stereocenters. The van der Waals surface area contributed by atoms with Gasteiger partial charge in [0.15, 0.2) is 14.0 Å². The lowest BCUT2D eigenvalue weighted by atomic mass is 10.0. The van der Waals surface area contributed by atoms with Gasteiger partial charge in [0.2, 0.25) is 0 Å². The van der Waals surface area contributed by atoms with Crippen molar-refractivity contribution in [1.82, 2.24) is 0 Å². The topological polar surface area (TPSA) is 54.4 Å². The van der Waals surface area contributed by atoms with Gasteiger partial charge in [-0.1, -0.05) is 43.6 Å². The molecule has 0 aliphatic carbocycles. The van der Waals surface area contributed by atoms with Gasteiger partial charge < -0.3 is 5.11 Å². The number of sulfone groups is 1. The summed E-state index contributed by atoms with van der Waals surface area (Å²) in [7, 11) is -3.73. The molecular formula is C12H16ClFO3S. The van der Waals surface area contributed by atoms with Gasteiger partial charge in [0.1, 0.15) is 11.9 Å². The van der Waals surface area contributed by atoms with Gasteiger partial charge in [0.05, 0.1) is 0 Å². The van der Waals surface area contributed by atoms with E-state index >= 15 is 0 Å². The second-order valence-corrected chi connectivity index (χ2v) is 7.40. The lowest BCUT2D eigenvalue weighted by Crippen LogP contribution is -2.40. The van der Waals surface area contributed by atoms with E-state index in [1.54, 1.807) is 6.92 Å². The number of halogens is 2. The Morgan fingerprint density at radius 1 is 1.39 bits per heavy atom. The number of alkyl halides is 1. The van der Waals surface area contributed by atoms with E-state index in [0.29, 0.717) is 0 Å². The molecule has 0 spiro atoms. The first-order valence-electron chi connectivity index (χ1n) is 5.63. The standard InChI is InChI=1S/C12H16ClFO3S/c1-3-12(13,18(16,17)4-2)11(15)9-7-5-6-8-10(9)14/h5-8,11,15H,3-4H2,1-2H3/t11-,12+/m1/s1. The Hall–Kier alpha value is -0.650. The van der Waals surface area contributed by atoms with Crippen molar-refractivity contribution >= 4 is 21.4 Å². The third kappa shape index (κ3) is 2.53. The van der Waals surface area contributed by atoms with Crippen molar-refractivity contribution in [3.63, 3.8) is 0 Å². The molecule has 0 bridgehead atoms. The van der Waals surface area contributed by atoms with E-state index in [1.165, 1.54) is 25.1 Å². The molecule has 0 heterocycles. The van der Waals surface area contributed by atoms with Gasteiger partial charge in [-0.15, -0.1) is 0 Å². The van der Waals surface area contributed by atoms with Crippen LogP contribution in [0.4, 0.5) is 4.39 Å². The van der Waals surface area contributed by atoms with E-state index in [0.717, 1.165) is 6.07 Å². The zero-order chi connectivity index (χ0) is 14.0. The maximum atomic E-state index is 13.6. The molecule has 18 heavy (non-hydrogen) atoms. The summed E-state index contributed by atoms with van der Waals surface area (Å²) in [6, 6.07) is 5.47. The van der Waals surface area contributed by atoms with Crippen LogP contribution in [0, 0.1) is 5.82 Å². The minimum atomic E-state index is -3.73. The van der Waals surface area contributed by atoms with Crippen LogP contribution in [-0.4, -0.2) is 23.5 Å². The molecule has 1 aromatic carbocycles. The smallest absolute Gasteiger partial charge is 0.175 e. The highest BCUT2D eigenvalue weighted by Crippen LogP contribution is 2.40. The van der Waals surface area contributed by atoms with Gasteiger partial charge >= 0.3 is 0 Å². The molecule has 0 aromatic heterocycles. The molecular weight excluding hydrogens is 279 g/mol. The summed E-state index contributed by atoms with van der Waals surface area (Å²) >= 11 is 6.07. The van der Waals surface area contributed by atoms with Crippen LogP contribution in [0.2, 0.25) is 0 Å². The van der Waals surface area contributed by atoms with Crippen molar-refractivity contribution in [3.05, 3.63) is 35.6 Å². The van der Waals surface area contributed by atoms with Crippen LogP contribution >= 0.6 is 11.6 Å². The predicted octanol–water partition coefficient (Wildman–Crippen LogP) is 2.64. The zero-order valence-electron chi connectivity index (χ0n) is 10.2. The number of hydrogen-bond donors (Lipinski definition) is 1. The minimum Gasteiger partial charge on any atom is -0.385 e. The van der Waals surface area contributed by atoms with Crippen LogP contribution in [0.25, 0.3) is 0 Å². The first kappa shape index (κ1) is 15.4. The first-order chi connectivity index (χ1) is 8.30. The Morgan fingerprint density at radius 3 is 2.39 bits per heavy atom. The molecule has 0 saturated heterocycles. The fraction of sp³-hybridized carbons (Fsp3) is 0.500. The third-order valence-electron chi connectivity index (χ3n) is 2.99. The van der Waals surface area contributed by atoms with E-state index < -0.39 is 26.0 Å². The largest absolute Gasteiger partial charge is 0.385 e. The second-order valence-electron chi connectivity index (χ2n) is 3.97. The van der Waals surface area contributed by atoms with Crippen molar-refractivity contribution in [2.24, 2.45) is 0 Å². The summed E-state index contributed by atoms with van der Waals surface area (Å²) in [5.74, 6) is -0.884. The number of rotatable bonds is 5. The molecule has 102 valence electrons. The average molecular weight is 295 g/mol. The number of aliphatic hydroxyl groups is 1. The highest BCUT2D eigenvalue weighted by atomic mass is 35.5. The molecule has 0 aliphatic heterocycles. The Balaban J connectivity index is 3.31. The Kier molecular flexibility index (Phi) is 4.75. The summed E-state index contributed by atoms with van der Waals surface area (Å²) in [6.45, 7) is 2.99. The van der Waals surface area contributed by atoms with Crippen molar-refractivity contribution in [3.8, 4) is 0 Å². The summed E-state index contributed by atoms with van der Waals surface area (Å²) in [5.41, 5.74) is -0.105. The summed E-state index contributed by atoms with van der Waals surface area (Å²) in [4.78, 5) is 0. The Labute approximate surface area is 112 Å². The number of hydrogen-bond acceptors (Lipinski definition) is 3. The van der Waals surface area contributed by atoms with Crippen LogP contribution in [0.15, 0.2) is 24.3 Å². The van der Waals surface area contributed by atoms with Crippen LogP contribution in [-0.2, 0) is 9.84 Å². The highest BCUT2D eigenvalue weighted by Gasteiger charge is 2.47. The Morgan fingerprint density at radius 2 is 1.94 bits per heavy atom. The molecule has 3 nitrogen and oxygen atoms in total. The van der Waals surface area contributed by atoms with Gasteiger partial charge in [-0.3, -0.25) is 0 Å². The maximum Gasteiger partial charge on any atom is 0.175 e. The molecule has 6 heteroatoms. The zero-order valence-corrected chi connectivity index (χ0v) is 11.8. The number of benzene rings is 1. The first-order valence-corrected chi connectivity index (χ1v) is 7.66. The molecule has 0 aliphatic rings. The third-order valence-corrected chi connectivity index (χ3v) is 6.47. The second kappa shape index (κ2) is 5.55. The molecule has 0 radical (unpaired) electrons. The molecule has 0 fully saturated rings.